The first-order valence-corrected chi connectivity index (χ1v) is 14.1. The second kappa shape index (κ2) is 10.2. The zero-order valence-corrected chi connectivity index (χ0v) is 22.5. The number of Topliss-reactive ketones (excluding diaryl/α,β-unsaturated/α-hetero) is 1. The molecule has 1 aliphatic rings. The Morgan fingerprint density at radius 1 is 1.11 bits per heavy atom. The van der Waals surface area contributed by atoms with Crippen LogP contribution in [0.5, 0.6) is 0 Å². The molecule has 1 N–H and O–H groups in total. The van der Waals surface area contributed by atoms with Crippen molar-refractivity contribution >= 4 is 78.8 Å². The van der Waals surface area contributed by atoms with Gasteiger partial charge >= 0.3 is 0 Å². The Bertz CT molecular complexity index is 1420. The van der Waals surface area contributed by atoms with Crippen molar-refractivity contribution in [2.75, 3.05) is 4.90 Å². The molecule has 0 spiro atoms. The summed E-state index contributed by atoms with van der Waals surface area (Å²) >= 11 is 13.3. The molecule has 35 heavy (non-hydrogen) atoms. The van der Waals surface area contributed by atoms with Gasteiger partial charge in [-0.25, -0.2) is 0 Å². The van der Waals surface area contributed by atoms with E-state index in [1.54, 1.807) is 17.5 Å². The summed E-state index contributed by atoms with van der Waals surface area (Å²) in [6.45, 7) is 0. The highest BCUT2D eigenvalue weighted by Crippen LogP contribution is 2.44. The van der Waals surface area contributed by atoms with E-state index in [-0.39, 0.29) is 11.4 Å². The highest BCUT2D eigenvalue weighted by molar-refractivity contribution is 9.10. The van der Waals surface area contributed by atoms with Gasteiger partial charge in [0.05, 0.1) is 16.5 Å². The molecule has 2 aromatic carbocycles. The van der Waals surface area contributed by atoms with Crippen molar-refractivity contribution in [3.63, 3.8) is 0 Å². The lowest BCUT2D eigenvalue weighted by Gasteiger charge is -2.24. The molecule has 0 saturated heterocycles. The Kier molecular flexibility index (Phi) is 7.08. The Labute approximate surface area is 226 Å². The molecule has 1 amide bonds. The molecule has 1 atom stereocenters. The summed E-state index contributed by atoms with van der Waals surface area (Å²) in [6, 6.07) is 17.4. The van der Waals surface area contributed by atoms with Crippen LogP contribution < -0.4 is 4.90 Å². The van der Waals surface area contributed by atoms with Crippen LogP contribution >= 0.6 is 62.0 Å². The summed E-state index contributed by atoms with van der Waals surface area (Å²) in [6.07, 6.45) is 0. The SMILES string of the molecule is O=C(C1=C(O)C(=O)N(c2nnc(SCc3ccc(Cl)cc3)s2)C1c1ccc(Br)cc1)c1cccs1. The van der Waals surface area contributed by atoms with Crippen LogP contribution in [0, 0.1) is 0 Å². The first-order valence-electron chi connectivity index (χ1n) is 10.2. The lowest BCUT2D eigenvalue weighted by molar-refractivity contribution is -0.117. The molecule has 3 heterocycles. The average molecular weight is 605 g/mol. The highest BCUT2D eigenvalue weighted by atomic mass is 79.9. The van der Waals surface area contributed by atoms with E-state index in [0.29, 0.717) is 30.7 Å². The molecule has 0 bridgehead atoms. The number of nitrogens with zero attached hydrogens (tertiary/aromatic N) is 3. The van der Waals surface area contributed by atoms with Gasteiger partial charge in [0.1, 0.15) is 0 Å². The summed E-state index contributed by atoms with van der Waals surface area (Å²) < 4.78 is 1.52. The van der Waals surface area contributed by atoms with Crippen molar-refractivity contribution in [2.45, 2.75) is 16.1 Å². The summed E-state index contributed by atoms with van der Waals surface area (Å²) in [4.78, 5) is 28.4. The number of rotatable bonds is 7. The van der Waals surface area contributed by atoms with Gasteiger partial charge in [0.25, 0.3) is 5.91 Å². The van der Waals surface area contributed by atoms with Gasteiger partial charge in [0, 0.05) is 15.2 Å². The average Bonchev–Trinajstić information content (AvgIpc) is 3.60. The predicted molar refractivity (Wildman–Crippen MR) is 144 cm³/mol. The Morgan fingerprint density at radius 2 is 1.86 bits per heavy atom. The largest absolute Gasteiger partial charge is 0.503 e. The highest BCUT2D eigenvalue weighted by Gasteiger charge is 2.46. The van der Waals surface area contributed by atoms with Crippen molar-refractivity contribution in [3.8, 4) is 0 Å². The minimum atomic E-state index is -0.827. The summed E-state index contributed by atoms with van der Waals surface area (Å²) in [5.74, 6) is -0.977. The van der Waals surface area contributed by atoms with Gasteiger partial charge in [-0.3, -0.25) is 14.5 Å². The molecule has 1 unspecified atom stereocenters. The lowest BCUT2D eigenvalue weighted by atomic mass is 9.96. The molecule has 0 aliphatic carbocycles. The molecule has 0 saturated carbocycles. The third-order valence-corrected chi connectivity index (χ3v) is 9.04. The van der Waals surface area contributed by atoms with E-state index < -0.39 is 17.7 Å². The molecule has 1 aliphatic heterocycles. The molecule has 176 valence electrons. The predicted octanol–water partition coefficient (Wildman–Crippen LogP) is 7.09. The number of anilines is 1. The second-order valence-electron chi connectivity index (χ2n) is 7.46. The van der Waals surface area contributed by atoms with Crippen molar-refractivity contribution in [1.29, 1.82) is 0 Å². The fraction of sp³-hybridized carbons (Fsp3) is 0.0833. The number of amides is 1. The number of hydrogen-bond acceptors (Lipinski definition) is 8. The van der Waals surface area contributed by atoms with Gasteiger partial charge < -0.3 is 5.11 Å². The number of aromatic nitrogens is 2. The number of hydrogen-bond donors (Lipinski definition) is 1. The number of thiophene rings is 1. The quantitative estimate of drug-likeness (QED) is 0.138. The number of halogens is 2. The minimum Gasteiger partial charge on any atom is -0.503 e. The number of carbonyl (C=O) groups excluding carboxylic acids is 2. The molecular formula is C24H15BrClN3O3S3. The lowest BCUT2D eigenvalue weighted by Crippen LogP contribution is -2.31. The molecule has 4 aromatic rings. The van der Waals surface area contributed by atoms with Gasteiger partial charge in [0.2, 0.25) is 10.9 Å². The van der Waals surface area contributed by atoms with E-state index in [9.17, 15) is 14.7 Å². The zero-order valence-electron chi connectivity index (χ0n) is 17.7. The number of aliphatic hydroxyl groups excluding tert-OH is 1. The Hall–Kier alpha value is -2.50. The molecule has 5 rings (SSSR count). The summed E-state index contributed by atoms with van der Waals surface area (Å²) in [7, 11) is 0. The topological polar surface area (TPSA) is 83.4 Å². The summed E-state index contributed by atoms with van der Waals surface area (Å²) in [5.41, 5.74) is 1.78. The van der Waals surface area contributed by atoms with E-state index in [1.807, 2.05) is 48.5 Å². The van der Waals surface area contributed by atoms with Gasteiger partial charge in [0.15, 0.2) is 10.1 Å². The van der Waals surface area contributed by atoms with Crippen molar-refractivity contribution < 1.29 is 14.7 Å². The van der Waals surface area contributed by atoms with Gasteiger partial charge in [-0.2, -0.15) is 0 Å². The maximum Gasteiger partial charge on any atom is 0.296 e. The first-order chi connectivity index (χ1) is 16.9. The maximum absolute atomic E-state index is 13.3. The maximum atomic E-state index is 13.3. The van der Waals surface area contributed by atoms with Crippen molar-refractivity contribution in [3.05, 3.63) is 103 Å². The fourth-order valence-corrected chi connectivity index (χ4v) is 6.51. The van der Waals surface area contributed by atoms with E-state index in [2.05, 4.69) is 26.1 Å². The first kappa shape index (κ1) is 24.2. The summed E-state index contributed by atoms with van der Waals surface area (Å²) in [5, 5.41) is 22.1. The monoisotopic (exact) mass is 603 g/mol. The molecule has 2 aromatic heterocycles. The number of ketones is 1. The number of carbonyl (C=O) groups is 2. The van der Waals surface area contributed by atoms with Crippen LogP contribution in [-0.4, -0.2) is 27.0 Å². The number of aliphatic hydroxyl groups is 1. The molecule has 0 radical (unpaired) electrons. The standard InChI is InChI=1S/C24H15BrClN3O3S3/c25-15-7-5-14(6-8-15)19-18(20(30)17-2-1-11-33-17)21(31)22(32)29(19)23-27-28-24(35-23)34-12-13-3-9-16(26)10-4-13/h1-11,19,31H,12H2. The molecule has 11 heteroatoms. The Balaban J connectivity index is 1.48. The normalized spacial score (nSPS) is 15.8. The van der Waals surface area contributed by atoms with Gasteiger partial charge in [-0.1, -0.05) is 81.0 Å². The number of benzene rings is 2. The molecule has 0 fully saturated rings. The molecule has 6 nitrogen and oxygen atoms in total. The zero-order chi connectivity index (χ0) is 24.5. The van der Waals surface area contributed by atoms with Crippen LogP contribution in [0.2, 0.25) is 5.02 Å². The minimum absolute atomic E-state index is 0.0327. The van der Waals surface area contributed by atoms with Crippen molar-refractivity contribution in [1.82, 2.24) is 10.2 Å². The second-order valence-corrected chi connectivity index (χ2v) is 11.9. The van der Waals surface area contributed by atoms with Crippen LogP contribution in [0.15, 0.2) is 86.2 Å². The van der Waals surface area contributed by atoms with Gasteiger partial charge in [-0.15, -0.1) is 21.5 Å². The van der Waals surface area contributed by atoms with Crippen molar-refractivity contribution in [2.24, 2.45) is 0 Å². The van der Waals surface area contributed by atoms with E-state index in [4.69, 9.17) is 11.6 Å². The third kappa shape index (κ3) is 4.94. The number of thioether (sulfide) groups is 1. The molecular weight excluding hydrogens is 590 g/mol. The van der Waals surface area contributed by atoms with E-state index in [1.165, 1.54) is 39.3 Å². The van der Waals surface area contributed by atoms with Crippen LogP contribution in [0.3, 0.4) is 0 Å². The van der Waals surface area contributed by atoms with E-state index >= 15 is 0 Å². The smallest absolute Gasteiger partial charge is 0.296 e. The third-order valence-electron chi connectivity index (χ3n) is 5.26. The van der Waals surface area contributed by atoms with Crippen LogP contribution in [-0.2, 0) is 10.5 Å². The van der Waals surface area contributed by atoms with Crippen LogP contribution in [0.1, 0.15) is 26.8 Å². The fourth-order valence-electron chi connectivity index (χ4n) is 3.62. The van der Waals surface area contributed by atoms with E-state index in [0.717, 1.165) is 10.0 Å². The van der Waals surface area contributed by atoms with Gasteiger partial charge in [-0.05, 0) is 46.8 Å². The van der Waals surface area contributed by atoms with Crippen LogP contribution in [0.25, 0.3) is 0 Å². The van der Waals surface area contributed by atoms with Crippen LogP contribution in [0.4, 0.5) is 5.13 Å². The Morgan fingerprint density at radius 3 is 2.54 bits per heavy atom.